The fraction of sp³-hybridized carbons (Fsp3) is 0.375. The second-order valence-corrected chi connectivity index (χ2v) is 5.57. The molecule has 0 saturated carbocycles. The summed E-state index contributed by atoms with van der Waals surface area (Å²) in [5.74, 6) is -0.262. The van der Waals surface area contributed by atoms with Crippen LogP contribution in [-0.2, 0) is 4.74 Å². The van der Waals surface area contributed by atoms with Crippen LogP contribution in [0.25, 0.3) is 0 Å². The third-order valence-corrected chi connectivity index (χ3v) is 4.02. The maximum atomic E-state index is 12.6. The summed E-state index contributed by atoms with van der Waals surface area (Å²) < 4.78 is 5.74. The minimum absolute atomic E-state index is 0.0727. The van der Waals surface area contributed by atoms with Crippen LogP contribution in [0.2, 0.25) is 0 Å². The number of ether oxygens (including phenoxy) is 1. The number of carbonyl (C=O) groups is 2. The zero-order valence-corrected chi connectivity index (χ0v) is 13.6. The number of aromatic amines is 1. The number of H-pyrrole nitrogens is 1. The van der Waals surface area contributed by atoms with Gasteiger partial charge in [-0.15, -0.1) is 0 Å². The van der Waals surface area contributed by atoms with E-state index in [-0.39, 0.29) is 17.9 Å². The largest absolute Gasteiger partial charge is 0.368 e. The van der Waals surface area contributed by atoms with Crippen molar-refractivity contribution in [1.29, 1.82) is 0 Å². The molecule has 24 heavy (non-hydrogen) atoms. The minimum Gasteiger partial charge on any atom is -0.368 e. The van der Waals surface area contributed by atoms with Gasteiger partial charge in [0.1, 0.15) is 6.10 Å². The van der Waals surface area contributed by atoms with Crippen molar-refractivity contribution in [2.75, 3.05) is 26.7 Å². The van der Waals surface area contributed by atoms with Crippen molar-refractivity contribution in [3.05, 3.63) is 47.0 Å². The Bertz CT molecular complexity index is 740. The highest BCUT2D eigenvalue weighted by atomic mass is 16.5. The van der Waals surface area contributed by atoms with Crippen LogP contribution in [0, 0.1) is 6.92 Å². The lowest BCUT2D eigenvalue weighted by Gasteiger charge is -2.32. The number of morpholine rings is 1. The molecule has 3 rings (SSSR count). The van der Waals surface area contributed by atoms with Gasteiger partial charge in [-0.25, -0.2) is 0 Å². The van der Waals surface area contributed by atoms with Gasteiger partial charge in [-0.2, -0.15) is 5.10 Å². The quantitative estimate of drug-likeness (QED) is 0.863. The average Bonchev–Trinajstić information content (AvgIpc) is 3.06. The van der Waals surface area contributed by atoms with E-state index in [1.807, 2.05) is 6.92 Å². The molecule has 0 radical (unpaired) electrons. The summed E-state index contributed by atoms with van der Waals surface area (Å²) in [7, 11) is 1.57. The van der Waals surface area contributed by atoms with Gasteiger partial charge < -0.3 is 15.0 Å². The van der Waals surface area contributed by atoms with E-state index in [1.54, 1.807) is 30.3 Å². The van der Waals surface area contributed by atoms with Crippen molar-refractivity contribution in [2.45, 2.75) is 13.0 Å². The number of nitrogens with zero attached hydrogens (tertiary/aromatic N) is 3. The Morgan fingerprint density at radius 1 is 1.38 bits per heavy atom. The summed E-state index contributed by atoms with van der Waals surface area (Å²) in [5.41, 5.74) is 2.50. The summed E-state index contributed by atoms with van der Waals surface area (Å²) in [6.07, 6.45) is 2.74. The molecule has 0 aromatic carbocycles. The van der Waals surface area contributed by atoms with Crippen LogP contribution in [-0.4, -0.2) is 58.6 Å². The number of amides is 2. The third kappa shape index (κ3) is 3.13. The standard InChI is InChI=1S/C16H19N5O3/c1-10-12(8-19-20-10)16(23)21-5-6-24-14(9-21)13-4-3-11(7-18-13)15(22)17-2/h3-4,7-8,14H,5-6,9H2,1-2H3,(H,17,22)(H,19,20)/t14-/m1/s1. The van der Waals surface area contributed by atoms with Gasteiger partial charge in [-0.3, -0.25) is 19.7 Å². The van der Waals surface area contributed by atoms with Gasteiger partial charge in [0.15, 0.2) is 0 Å². The van der Waals surface area contributed by atoms with Crippen molar-refractivity contribution in [3.8, 4) is 0 Å². The Labute approximate surface area is 139 Å². The highest BCUT2D eigenvalue weighted by molar-refractivity contribution is 5.95. The van der Waals surface area contributed by atoms with E-state index in [1.165, 1.54) is 6.20 Å². The maximum absolute atomic E-state index is 12.6. The highest BCUT2D eigenvalue weighted by Crippen LogP contribution is 2.22. The first kappa shape index (κ1) is 16.1. The fourth-order valence-electron chi connectivity index (χ4n) is 2.62. The number of nitrogens with one attached hydrogen (secondary N) is 2. The molecule has 126 valence electrons. The second-order valence-electron chi connectivity index (χ2n) is 5.57. The van der Waals surface area contributed by atoms with Gasteiger partial charge in [-0.1, -0.05) is 0 Å². The highest BCUT2D eigenvalue weighted by Gasteiger charge is 2.28. The average molecular weight is 329 g/mol. The molecule has 2 amide bonds. The maximum Gasteiger partial charge on any atom is 0.257 e. The lowest BCUT2D eigenvalue weighted by molar-refractivity contribution is -0.0247. The van der Waals surface area contributed by atoms with Crippen molar-refractivity contribution >= 4 is 11.8 Å². The van der Waals surface area contributed by atoms with Crippen LogP contribution < -0.4 is 5.32 Å². The molecule has 8 nitrogen and oxygen atoms in total. The predicted octanol–water partition coefficient (Wildman–Crippen LogP) is 0.686. The minimum atomic E-state index is -0.311. The Morgan fingerprint density at radius 2 is 2.21 bits per heavy atom. The van der Waals surface area contributed by atoms with Crippen LogP contribution >= 0.6 is 0 Å². The van der Waals surface area contributed by atoms with Gasteiger partial charge in [0, 0.05) is 25.5 Å². The zero-order chi connectivity index (χ0) is 17.1. The first-order valence-electron chi connectivity index (χ1n) is 7.69. The van der Waals surface area contributed by atoms with Crippen molar-refractivity contribution in [1.82, 2.24) is 25.4 Å². The molecule has 8 heteroatoms. The van der Waals surface area contributed by atoms with E-state index in [4.69, 9.17) is 4.74 Å². The Balaban J connectivity index is 1.72. The van der Waals surface area contributed by atoms with Crippen LogP contribution in [0.1, 0.15) is 38.2 Å². The molecule has 2 N–H and O–H groups in total. The molecule has 0 aliphatic carbocycles. The second kappa shape index (κ2) is 6.79. The summed E-state index contributed by atoms with van der Waals surface area (Å²) in [4.78, 5) is 30.2. The van der Waals surface area contributed by atoms with E-state index in [2.05, 4.69) is 20.5 Å². The molecular weight excluding hydrogens is 310 g/mol. The molecule has 1 aliphatic rings. The number of rotatable bonds is 3. The normalized spacial score (nSPS) is 17.6. The Morgan fingerprint density at radius 3 is 2.83 bits per heavy atom. The number of aromatic nitrogens is 3. The SMILES string of the molecule is CNC(=O)c1ccc([C@H]2CN(C(=O)c3cn[nH]c3C)CCO2)nc1. The van der Waals surface area contributed by atoms with Gasteiger partial charge in [-0.05, 0) is 19.1 Å². The van der Waals surface area contributed by atoms with Crippen LogP contribution in [0.3, 0.4) is 0 Å². The third-order valence-electron chi connectivity index (χ3n) is 4.02. The lowest BCUT2D eigenvalue weighted by Crippen LogP contribution is -2.42. The van der Waals surface area contributed by atoms with Gasteiger partial charge in [0.05, 0.1) is 36.2 Å². The topological polar surface area (TPSA) is 100 Å². The number of hydrogen-bond acceptors (Lipinski definition) is 5. The zero-order valence-electron chi connectivity index (χ0n) is 13.6. The van der Waals surface area contributed by atoms with Crippen molar-refractivity contribution in [2.24, 2.45) is 0 Å². The van der Waals surface area contributed by atoms with Crippen molar-refractivity contribution < 1.29 is 14.3 Å². The first-order valence-corrected chi connectivity index (χ1v) is 7.69. The van der Waals surface area contributed by atoms with E-state index < -0.39 is 0 Å². The van der Waals surface area contributed by atoms with Gasteiger partial charge in [0.25, 0.3) is 11.8 Å². The Kier molecular flexibility index (Phi) is 4.57. The summed E-state index contributed by atoms with van der Waals surface area (Å²) >= 11 is 0. The van der Waals surface area contributed by atoms with Crippen LogP contribution in [0.15, 0.2) is 24.5 Å². The van der Waals surface area contributed by atoms with E-state index in [0.717, 1.165) is 5.69 Å². The molecule has 0 unspecified atom stereocenters. The Hall–Kier alpha value is -2.74. The first-order chi connectivity index (χ1) is 11.6. The number of aryl methyl sites for hydroxylation is 1. The van der Waals surface area contributed by atoms with Gasteiger partial charge in [0.2, 0.25) is 0 Å². The molecule has 1 fully saturated rings. The summed E-state index contributed by atoms with van der Waals surface area (Å²) in [5, 5.41) is 9.22. The molecule has 1 atom stereocenters. The van der Waals surface area contributed by atoms with E-state index in [0.29, 0.717) is 36.5 Å². The molecule has 1 saturated heterocycles. The van der Waals surface area contributed by atoms with Crippen LogP contribution in [0.5, 0.6) is 0 Å². The molecule has 0 bridgehead atoms. The number of carbonyl (C=O) groups excluding carboxylic acids is 2. The summed E-state index contributed by atoms with van der Waals surface area (Å²) in [6, 6.07) is 3.46. The predicted molar refractivity (Wildman–Crippen MR) is 85.5 cm³/mol. The van der Waals surface area contributed by atoms with E-state index in [9.17, 15) is 9.59 Å². The smallest absolute Gasteiger partial charge is 0.257 e. The number of pyridine rings is 1. The summed E-state index contributed by atoms with van der Waals surface area (Å²) in [6.45, 7) is 3.19. The van der Waals surface area contributed by atoms with Gasteiger partial charge >= 0.3 is 0 Å². The fourth-order valence-corrected chi connectivity index (χ4v) is 2.62. The molecule has 3 heterocycles. The molecular formula is C16H19N5O3. The molecule has 1 aliphatic heterocycles. The molecule has 2 aromatic heterocycles. The lowest BCUT2D eigenvalue weighted by atomic mass is 10.1. The molecule has 2 aromatic rings. The molecule has 0 spiro atoms. The van der Waals surface area contributed by atoms with Crippen LogP contribution in [0.4, 0.5) is 0 Å². The monoisotopic (exact) mass is 329 g/mol. The van der Waals surface area contributed by atoms with Crippen molar-refractivity contribution in [3.63, 3.8) is 0 Å². The number of hydrogen-bond donors (Lipinski definition) is 2. The van der Waals surface area contributed by atoms with E-state index >= 15 is 0 Å².